The fraction of sp³-hybridized carbons (Fsp3) is 0.900. The van der Waals surface area contributed by atoms with Gasteiger partial charge in [-0.05, 0) is 26.3 Å². The van der Waals surface area contributed by atoms with Crippen molar-refractivity contribution in [2.75, 3.05) is 7.05 Å². The summed E-state index contributed by atoms with van der Waals surface area (Å²) in [6.45, 7) is 10.2. The molecule has 0 rings (SSSR count). The third-order valence-electron chi connectivity index (χ3n) is 1.07. The molecule has 0 amide bonds. The molecule has 13 heavy (non-hydrogen) atoms. The minimum Gasteiger partial charge on any atom is -0.478 e. The largest absolute Gasteiger partial charge is 0.478 e. The zero-order chi connectivity index (χ0) is 11.1. The van der Waals surface area contributed by atoms with Crippen molar-refractivity contribution >= 4 is 5.90 Å². The molecule has 3 N–H and O–H groups in total. The maximum absolute atomic E-state index is 7.45. The lowest BCUT2D eigenvalue weighted by Gasteiger charge is -2.19. The van der Waals surface area contributed by atoms with E-state index in [1.165, 1.54) is 7.05 Å². The Kier molecular flexibility index (Phi) is 7.92. The van der Waals surface area contributed by atoms with Crippen molar-refractivity contribution in [3.63, 3.8) is 0 Å². The molecular formula is C10H24N2O. The van der Waals surface area contributed by atoms with Gasteiger partial charge < -0.3 is 10.5 Å². The van der Waals surface area contributed by atoms with E-state index in [1.54, 1.807) is 0 Å². The molecule has 0 radical (unpaired) electrons. The average Bonchev–Trinajstić information content (AvgIpc) is 1.85. The first kappa shape index (κ1) is 14.9. The van der Waals surface area contributed by atoms with Gasteiger partial charge in [0.25, 0.3) is 0 Å². The third kappa shape index (κ3) is 14.3. The summed E-state index contributed by atoms with van der Waals surface area (Å²) < 4.78 is 5.21. The molecule has 0 saturated carbocycles. The van der Waals surface area contributed by atoms with Crippen LogP contribution in [-0.2, 0) is 4.74 Å². The van der Waals surface area contributed by atoms with Gasteiger partial charge in [-0.2, -0.15) is 0 Å². The maximum Gasteiger partial charge on any atom is 0.181 e. The Labute approximate surface area is 82.2 Å². The molecule has 3 heteroatoms. The van der Waals surface area contributed by atoms with Gasteiger partial charge in [0.1, 0.15) is 0 Å². The Morgan fingerprint density at radius 3 is 1.92 bits per heavy atom. The van der Waals surface area contributed by atoms with E-state index < -0.39 is 0 Å². The molecule has 0 aromatic carbocycles. The van der Waals surface area contributed by atoms with E-state index in [1.807, 2.05) is 13.8 Å². The van der Waals surface area contributed by atoms with Gasteiger partial charge in [-0.25, -0.2) is 0 Å². The van der Waals surface area contributed by atoms with Gasteiger partial charge >= 0.3 is 0 Å². The van der Waals surface area contributed by atoms with Gasteiger partial charge in [0.2, 0.25) is 0 Å². The second-order valence-electron chi connectivity index (χ2n) is 4.33. The van der Waals surface area contributed by atoms with E-state index in [4.69, 9.17) is 10.1 Å². The highest BCUT2D eigenvalue weighted by Gasteiger charge is 2.14. The number of hydrogen-bond donors (Lipinski definition) is 2. The van der Waals surface area contributed by atoms with E-state index in [2.05, 4.69) is 26.5 Å². The van der Waals surface area contributed by atoms with Crippen molar-refractivity contribution < 1.29 is 4.74 Å². The summed E-state index contributed by atoms with van der Waals surface area (Å²) in [4.78, 5) is 0. The number of hydrogen-bond acceptors (Lipinski definition) is 3. The zero-order valence-electron chi connectivity index (χ0n) is 9.77. The predicted octanol–water partition coefficient (Wildman–Crippen LogP) is 2.40. The summed E-state index contributed by atoms with van der Waals surface area (Å²) in [6.07, 6.45) is 0.843. The van der Waals surface area contributed by atoms with Gasteiger partial charge in [-0.1, -0.05) is 20.8 Å². The highest BCUT2D eigenvalue weighted by molar-refractivity contribution is 5.73. The van der Waals surface area contributed by atoms with E-state index in [-0.39, 0.29) is 11.5 Å². The summed E-state index contributed by atoms with van der Waals surface area (Å²) in [5.41, 5.74) is 4.66. The van der Waals surface area contributed by atoms with Crippen molar-refractivity contribution in [3.8, 4) is 0 Å². The molecular weight excluding hydrogens is 164 g/mol. The fourth-order valence-electron chi connectivity index (χ4n) is 0.808. The van der Waals surface area contributed by atoms with Gasteiger partial charge in [0.15, 0.2) is 5.90 Å². The molecule has 0 unspecified atom stereocenters. The van der Waals surface area contributed by atoms with Crippen LogP contribution in [0, 0.1) is 10.8 Å². The zero-order valence-corrected chi connectivity index (χ0v) is 9.77. The number of nitrogens with one attached hydrogen (secondary N) is 1. The van der Waals surface area contributed by atoms with Crippen LogP contribution in [-0.4, -0.2) is 19.0 Å². The Bertz CT molecular complexity index is 136. The van der Waals surface area contributed by atoms with E-state index >= 15 is 0 Å². The smallest absolute Gasteiger partial charge is 0.181 e. The average molecular weight is 188 g/mol. The monoisotopic (exact) mass is 188 g/mol. The van der Waals surface area contributed by atoms with Gasteiger partial charge in [0.05, 0.1) is 6.10 Å². The van der Waals surface area contributed by atoms with Crippen LogP contribution in [0.1, 0.15) is 41.0 Å². The lowest BCUT2D eigenvalue weighted by molar-refractivity contribution is 0.208. The summed E-state index contributed by atoms with van der Waals surface area (Å²) in [7, 11) is 1.50. The molecule has 0 heterocycles. The molecule has 0 aliphatic heterocycles. The number of ether oxygens (including phenoxy) is 1. The third-order valence-corrected chi connectivity index (χ3v) is 1.07. The van der Waals surface area contributed by atoms with Crippen molar-refractivity contribution in [2.24, 2.45) is 11.1 Å². The quantitative estimate of drug-likeness (QED) is 0.516. The molecule has 0 aliphatic rings. The second kappa shape index (κ2) is 6.89. The summed E-state index contributed by atoms with van der Waals surface area (Å²) in [5.74, 6) is 0.396. The second-order valence-corrected chi connectivity index (χ2v) is 4.33. The molecule has 0 spiro atoms. The summed E-state index contributed by atoms with van der Waals surface area (Å²) >= 11 is 0. The topological polar surface area (TPSA) is 59.1 Å². The van der Waals surface area contributed by atoms with E-state index in [0.29, 0.717) is 12.3 Å². The molecule has 0 saturated heterocycles. The predicted molar refractivity (Wildman–Crippen MR) is 58.1 cm³/mol. The van der Waals surface area contributed by atoms with Crippen LogP contribution >= 0.6 is 0 Å². The van der Waals surface area contributed by atoms with Gasteiger partial charge in [-0.15, -0.1) is 0 Å². The molecule has 0 aliphatic carbocycles. The van der Waals surface area contributed by atoms with Crippen molar-refractivity contribution in [3.05, 3.63) is 0 Å². The SMILES string of the molecule is CC(C)OC(=N)CC(C)(C)C.CN. The van der Waals surface area contributed by atoms with Crippen LogP contribution in [0.4, 0.5) is 0 Å². The molecule has 0 fully saturated rings. The molecule has 0 atom stereocenters. The molecule has 0 aromatic heterocycles. The number of rotatable bonds is 2. The number of nitrogens with two attached hydrogens (primary N) is 1. The first-order chi connectivity index (χ1) is 5.81. The lowest BCUT2D eigenvalue weighted by atomic mass is 9.92. The fourth-order valence-corrected chi connectivity index (χ4v) is 0.808. The molecule has 80 valence electrons. The highest BCUT2D eigenvalue weighted by Crippen LogP contribution is 2.19. The van der Waals surface area contributed by atoms with Crippen LogP contribution in [0.25, 0.3) is 0 Å². The van der Waals surface area contributed by atoms with Crippen LogP contribution in [0.2, 0.25) is 0 Å². The van der Waals surface area contributed by atoms with Crippen LogP contribution in [0.15, 0.2) is 0 Å². The highest BCUT2D eigenvalue weighted by atomic mass is 16.5. The first-order valence-corrected chi connectivity index (χ1v) is 4.63. The molecule has 0 bridgehead atoms. The van der Waals surface area contributed by atoms with E-state index in [0.717, 1.165) is 0 Å². The summed E-state index contributed by atoms with van der Waals surface area (Å²) in [5, 5.41) is 7.45. The Balaban J connectivity index is 0. The van der Waals surface area contributed by atoms with E-state index in [9.17, 15) is 0 Å². The van der Waals surface area contributed by atoms with Crippen molar-refractivity contribution in [1.29, 1.82) is 5.41 Å². The van der Waals surface area contributed by atoms with Gasteiger partial charge in [0, 0.05) is 6.42 Å². The maximum atomic E-state index is 7.45. The van der Waals surface area contributed by atoms with Crippen LogP contribution in [0.5, 0.6) is 0 Å². The summed E-state index contributed by atoms with van der Waals surface area (Å²) in [6, 6.07) is 0. The van der Waals surface area contributed by atoms with Crippen LogP contribution < -0.4 is 5.73 Å². The van der Waals surface area contributed by atoms with Crippen LogP contribution in [0.3, 0.4) is 0 Å². The first-order valence-electron chi connectivity index (χ1n) is 4.63. The minimum absolute atomic E-state index is 0.129. The van der Waals surface area contributed by atoms with Crippen molar-refractivity contribution in [2.45, 2.75) is 47.1 Å². The normalized spacial score (nSPS) is 10.5. The lowest BCUT2D eigenvalue weighted by Crippen LogP contribution is -2.17. The molecule has 3 nitrogen and oxygen atoms in total. The standard InChI is InChI=1S/C9H19NO.CH5N/c1-7(2)11-8(10)6-9(3,4)5;1-2/h7,10H,6H2,1-5H3;2H2,1H3. The Hall–Kier alpha value is -0.570. The van der Waals surface area contributed by atoms with Gasteiger partial charge in [-0.3, -0.25) is 5.41 Å². The molecule has 0 aromatic rings. The Morgan fingerprint density at radius 2 is 1.69 bits per heavy atom. The van der Waals surface area contributed by atoms with Crippen molar-refractivity contribution in [1.82, 2.24) is 0 Å². The minimum atomic E-state index is 0.129. The Morgan fingerprint density at radius 1 is 1.31 bits per heavy atom.